The fourth-order valence-electron chi connectivity index (χ4n) is 2.88. The summed E-state index contributed by atoms with van der Waals surface area (Å²) in [6.45, 7) is 7.92. The van der Waals surface area contributed by atoms with Crippen LogP contribution in [-0.4, -0.2) is 41.3 Å². The molecule has 1 aromatic carbocycles. The molecule has 2 aromatic rings. The Morgan fingerprint density at radius 3 is 1.92 bits per heavy atom. The van der Waals surface area contributed by atoms with Gasteiger partial charge in [-0.3, -0.25) is 9.59 Å². The molecule has 5 nitrogen and oxygen atoms in total. The summed E-state index contributed by atoms with van der Waals surface area (Å²) in [4.78, 5) is 33.5. The van der Waals surface area contributed by atoms with Crippen LogP contribution in [0.2, 0.25) is 0 Å². The van der Waals surface area contributed by atoms with Crippen molar-refractivity contribution < 1.29 is 9.59 Å². The van der Waals surface area contributed by atoms with E-state index in [0.29, 0.717) is 25.3 Å². The molecule has 0 atom stereocenters. The summed E-state index contributed by atoms with van der Waals surface area (Å²) in [6, 6.07) is 14.5. The minimum Gasteiger partial charge on any atom is -0.337 e. The van der Waals surface area contributed by atoms with Gasteiger partial charge in [0.25, 0.3) is 11.8 Å². The van der Waals surface area contributed by atoms with Gasteiger partial charge in [-0.2, -0.15) is 0 Å². The van der Waals surface area contributed by atoms with Crippen molar-refractivity contribution in [3.63, 3.8) is 0 Å². The second-order valence-corrected chi connectivity index (χ2v) is 6.09. The Labute approximate surface area is 155 Å². The van der Waals surface area contributed by atoms with Crippen LogP contribution >= 0.6 is 0 Å². The maximum atomic E-state index is 12.9. The summed E-state index contributed by atoms with van der Waals surface area (Å²) in [5.41, 5.74) is 1.42. The van der Waals surface area contributed by atoms with Crippen molar-refractivity contribution in [2.75, 3.05) is 24.5 Å². The highest BCUT2D eigenvalue weighted by molar-refractivity contribution is 6.05. The summed E-state index contributed by atoms with van der Waals surface area (Å²) < 4.78 is 0. The maximum absolute atomic E-state index is 12.9. The molecule has 1 heterocycles. The fraction of sp³-hybridized carbons (Fsp3) is 0.381. The van der Waals surface area contributed by atoms with Crippen LogP contribution in [0.4, 0.5) is 5.69 Å². The van der Waals surface area contributed by atoms with Crippen LogP contribution in [0.3, 0.4) is 0 Å². The number of amides is 2. The third-order valence-electron chi connectivity index (χ3n) is 4.09. The molecule has 0 fully saturated rings. The standard InChI is InChI=1S/C21H27N3O2/c1-4-15-23(16-5-2)20(25)18-13-10-14-19(22-18)21(26)24(6-3)17-11-8-7-9-12-17/h7-14H,4-6,15-16H2,1-3H3. The first-order valence-corrected chi connectivity index (χ1v) is 9.25. The minimum absolute atomic E-state index is 0.119. The van der Waals surface area contributed by atoms with Gasteiger partial charge in [-0.15, -0.1) is 0 Å². The molecule has 26 heavy (non-hydrogen) atoms. The monoisotopic (exact) mass is 353 g/mol. The van der Waals surface area contributed by atoms with Gasteiger partial charge in [0.1, 0.15) is 11.4 Å². The largest absolute Gasteiger partial charge is 0.337 e. The number of carbonyl (C=O) groups excluding carboxylic acids is 2. The number of aromatic nitrogens is 1. The van der Waals surface area contributed by atoms with Crippen molar-refractivity contribution in [2.45, 2.75) is 33.6 Å². The van der Waals surface area contributed by atoms with E-state index in [1.54, 1.807) is 28.0 Å². The molecule has 0 bridgehead atoms. The molecule has 0 saturated carbocycles. The smallest absolute Gasteiger partial charge is 0.276 e. The average molecular weight is 353 g/mol. The molecule has 138 valence electrons. The molecule has 1 aromatic heterocycles. The number of carbonyl (C=O) groups is 2. The van der Waals surface area contributed by atoms with Crippen molar-refractivity contribution in [1.82, 2.24) is 9.88 Å². The van der Waals surface area contributed by atoms with Crippen LogP contribution in [0.5, 0.6) is 0 Å². The minimum atomic E-state index is -0.203. The van der Waals surface area contributed by atoms with Crippen molar-refractivity contribution >= 4 is 17.5 Å². The Balaban J connectivity index is 2.27. The topological polar surface area (TPSA) is 53.5 Å². The number of rotatable bonds is 8. The molecule has 0 spiro atoms. The summed E-state index contributed by atoms with van der Waals surface area (Å²) in [7, 11) is 0. The number of para-hydroxylation sites is 1. The molecule has 2 amide bonds. The van der Waals surface area contributed by atoms with E-state index >= 15 is 0 Å². The van der Waals surface area contributed by atoms with Gasteiger partial charge in [0.15, 0.2) is 0 Å². The molecule has 0 saturated heterocycles. The van der Waals surface area contributed by atoms with Crippen LogP contribution in [0.1, 0.15) is 54.6 Å². The highest BCUT2D eigenvalue weighted by Crippen LogP contribution is 2.16. The Bertz CT molecular complexity index is 725. The van der Waals surface area contributed by atoms with Crippen LogP contribution in [0.15, 0.2) is 48.5 Å². The van der Waals surface area contributed by atoms with Gasteiger partial charge in [0.2, 0.25) is 0 Å². The van der Waals surface area contributed by atoms with Crippen molar-refractivity contribution in [3.8, 4) is 0 Å². The van der Waals surface area contributed by atoms with E-state index < -0.39 is 0 Å². The zero-order valence-corrected chi connectivity index (χ0v) is 15.8. The summed E-state index contributed by atoms with van der Waals surface area (Å²) >= 11 is 0. The van der Waals surface area contributed by atoms with Gasteiger partial charge in [-0.05, 0) is 44.0 Å². The third-order valence-corrected chi connectivity index (χ3v) is 4.09. The van der Waals surface area contributed by atoms with Crippen LogP contribution < -0.4 is 4.90 Å². The fourth-order valence-corrected chi connectivity index (χ4v) is 2.88. The van der Waals surface area contributed by atoms with Crippen LogP contribution in [-0.2, 0) is 0 Å². The first-order chi connectivity index (χ1) is 12.6. The lowest BCUT2D eigenvalue weighted by molar-refractivity contribution is 0.0749. The first-order valence-electron chi connectivity index (χ1n) is 9.25. The predicted octanol–water partition coefficient (Wildman–Crippen LogP) is 4.01. The number of hydrogen-bond donors (Lipinski definition) is 0. The molecular formula is C21H27N3O2. The number of pyridine rings is 1. The lowest BCUT2D eigenvalue weighted by atomic mass is 10.2. The van der Waals surface area contributed by atoms with Crippen molar-refractivity contribution in [1.29, 1.82) is 0 Å². The van der Waals surface area contributed by atoms with E-state index in [1.165, 1.54) is 0 Å². The molecule has 2 rings (SSSR count). The molecule has 0 unspecified atom stereocenters. The van der Waals surface area contributed by atoms with E-state index in [9.17, 15) is 9.59 Å². The third kappa shape index (κ3) is 4.69. The Kier molecular flexibility index (Phi) is 7.33. The molecule has 0 aliphatic rings. The quantitative estimate of drug-likeness (QED) is 0.720. The van der Waals surface area contributed by atoms with E-state index in [0.717, 1.165) is 18.5 Å². The van der Waals surface area contributed by atoms with E-state index in [2.05, 4.69) is 4.98 Å². The molecule has 0 aliphatic carbocycles. The maximum Gasteiger partial charge on any atom is 0.276 e. The molecule has 0 N–H and O–H groups in total. The molecule has 0 aliphatic heterocycles. The summed E-state index contributed by atoms with van der Waals surface area (Å²) in [5, 5.41) is 0. The number of benzene rings is 1. The van der Waals surface area contributed by atoms with E-state index in [4.69, 9.17) is 0 Å². The second-order valence-electron chi connectivity index (χ2n) is 6.09. The van der Waals surface area contributed by atoms with Crippen LogP contribution in [0.25, 0.3) is 0 Å². The van der Waals surface area contributed by atoms with Gasteiger partial charge in [-0.1, -0.05) is 38.1 Å². The zero-order chi connectivity index (χ0) is 18.9. The van der Waals surface area contributed by atoms with Gasteiger partial charge >= 0.3 is 0 Å². The summed E-state index contributed by atoms with van der Waals surface area (Å²) in [6.07, 6.45) is 1.78. The van der Waals surface area contributed by atoms with E-state index in [1.807, 2.05) is 51.1 Å². The highest BCUT2D eigenvalue weighted by Gasteiger charge is 2.21. The lowest BCUT2D eigenvalue weighted by Gasteiger charge is -2.22. The van der Waals surface area contributed by atoms with Crippen molar-refractivity contribution in [3.05, 3.63) is 59.9 Å². The lowest BCUT2D eigenvalue weighted by Crippen LogP contribution is -2.34. The molecule has 5 heteroatoms. The normalized spacial score (nSPS) is 10.4. The van der Waals surface area contributed by atoms with Crippen molar-refractivity contribution in [2.24, 2.45) is 0 Å². The molecule has 0 radical (unpaired) electrons. The first kappa shape index (κ1) is 19.6. The number of hydrogen-bond acceptors (Lipinski definition) is 3. The van der Waals surface area contributed by atoms with Gasteiger partial charge < -0.3 is 9.80 Å². The Morgan fingerprint density at radius 2 is 1.38 bits per heavy atom. The Morgan fingerprint density at radius 1 is 0.808 bits per heavy atom. The van der Waals surface area contributed by atoms with Gasteiger partial charge in [0, 0.05) is 25.3 Å². The second kappa shape index (κ2) is 9.70. The summed E-state index contributed by atoms with van der Waals surface area (Å²) in [5.74, 6) is -0.322. The van der Waals surface area contributed by atoms with Crippen LogP contribution in [0, 0.1) is 0 Å². The Hall–Kier alpha value is -2.69. The number of anilines is 1. The molecular weight excluding hydrogens is 326 g/mol. The van der Waals surface area contributed by atoms with Gasteiger partial charge in [-0.25, -0.2) is 4.98 Å². The highest BCUT2D eigenvalue weighted by atomic mass is 16.2. The van der Waals surface area contributed by atoms with E-state index in [-0.39, 0.29) is 17.5 Å². The average Bonchev–Trinajstić information content (AvgIpc) is 2.68. The number of nitrogens with zero attached hydrogens (tertiary/aromatic N) is 3. The van der Waals surface area contributed by atoms with Gasteiger partial charge in [0.05, 0.1) is 0 Å². The predicted molar refractivity (Wildman–Crippen MR) is 105 cm³/mol. The zero-order valence-electron chi connectivity index (χ0n) is 15.8. The SMILES string of the molecule is CCCN(CCC)C(=O)c1cccc(C(=O)N(CC)c2ccccc2)n1.